The summed E-state index contributed by atoms with van der Waals surface area (Å²) in [6.07, 6.45) is -3.02. The van der Waals surface area contributed by atoms with Gasteiger partial charge < -0.3 is 10.5 Å². The molecule has 0 fully saturated rings. The van der Waals surface area contributed by atoms with E-state index in [9.17, 15) is 13.2 Å². The minimum absolute atomic E-state index is 0.0107. The Morgan fingerprint density at radius 2 is 1.90 bits per heavy atom. The summed E-state index contributed by atoms with van der Waals surface area (Å²) in [6.45, 7) is 3.69. The van der Waals surface area contributed by atoms with Crippen LogP contribution in [0.25, 0.3) is 11.3 Å². The van der Waals surface area contributed by atoms with Crippen LogP contribution in [-0.4, -0.2) is 11.6 Å². The number of hydrogen-bond donors (Lipinski definition) is 1. The van der Waals surface area contributed by atoms with Crippen molar-refractivity contribution in [2.45, 2.75) is 6.18 Å². The van der Waals surface area contributed by atoms with E-state index in [4.69, 9.17) is 10.5 Å². The Labute approximate surface area is 119 Å². The van der Waals surface area contributed by atoms with Crippen molar-refractivity contribution in [3.63, 3.8) is 0 Å². The average molecular weight is 294 g/mol. The number of nitrogens with zero attached hydrogens (tertiary/aromatic N) is 1. The van der Waals surface area contributed by atoms with Crippen LogP contribution < -0.4 is 10.5 Å². The van der Waals surface area contributed by atoms with Crippen LogP contribution in [0.3, 0.4) is 0 Å². The van der Waals surface area contributed by atoms with Gasteiger partial charge in [-0.25, -0.2) is 4.98 Å². The van der Waals surface area contributed by atoms with Crippen LogP contribution in [0, 0.1) is 0 Å². The van der Waals surface area contributed by atoms with Crippen LogP contribution in [-0.2, 0) is 6.18 Å². The molecule has 1 aromatic carbocycles. The zero-order valence-electron chi connectivity index (χ0n) is 11.0. The number of halogens is 3. The van der Waals surface area contributed by atoms with Gasteiger partial charge in [0.1, 0.15) is 18.2 Å². The van der Waals surface area contributed by atoms with Crippen molar-refractivity contribution in [1.29, 1.82) is 0 Å². The molecule has 0 aliphatic rings. The van der Waals surface area contributed by atoms with Gasteiger partial charge >= 0.3 is 6.18 Å². The SMILES string of the molecule is C=CCOc1ccccc1-c1nc(N)ccc1C(F)(F)F. The van der Waals surface area contributed by atoms with Crippen molar-refractivity contribution in [3.05, 3.63) is 54.6 Å². The maximum atomic E-state index is 13.1. The third kappa shape index (κ3) is 3.34. The molecule has 6 heteroatoms. The lowest BCUT2D eigenvalue weighted by Gasteiger charge is -2.15. The molecule has 0 atom stereocenters. The molecule has 2 N–H and O–H groups in total. The number of ether oxygens (including phenoxy) is 1. The molecule has 0 bridgehead atoms. The molecule has 1 heterocycles. The first kappa shape index (κ1) is 14.9. The second kappa shape index (κ2) is 5.87. The lowest BCUT2D eigenvalue weighted by Crippen LogP contribution is -2.10. The van der Waals surface area contributed by atoms with Gasteiger partial charge in [-0.3, -0.25) is 0 Å². The molecule has 0 spiro atoms. The van der Waals surface area contributed by atoms with Gasteiger partial charge in [0.2, 0.25) is 0 Å². The largest absolute Gasteiger partial charge is 0.489 e. The fraction of sp³-hybridized carbons (Fsp3) is 0.133. The zero-order chi connectivity index (χ0) is 15.5. The van der Waals surface area contributed by atoms with Crippen molar-refractivity contribution < 1.29 is 17.9 Å². The Kier molecular flexibility index (Phi) is 4.16. The van der Waals surface area contributed by atoms with E-state index in [-0.39, 0.29) is 23.7 Å². The van der Waals surface area contributed by atoms with Gasteiger partial charge in [0, 0.05) is 5.56 Å². The molecule has 0 radical (unpaired) electrons. The predicted octanol–water partition coefficient (Wildman–Crippen LogP) is 3.91. The Morgan fingerprint density at radius 1 is 1.19 bits per heavy atom. The highest BCUT2D eigenvalue weighted by atomic mass is 19.4. The summed E-state index contributed by atoms with van der Waals surface area (Å²) < 4.78 is 44.7. The third-order valence-corrected chi connectivity index (χ3v) is 2.72. The molecule has 2 aromatic rings. The van der Waals surface area contributed by atoms with Gasteiger partial charge in [0.25, 0.3) is 0 Å². The summed E-state index contributed by atoms with van der Waals surface area (Å²) in [5.41, 5.74) is 4.65. The number of alkyl halides is 3. The fourth-order valence-electron chi connectivity index (χ4n) is 1.85. The zero-order valence-corrected chi connectivity index (χ0v) is 11.0. The number of aromatic nitrogens is 1. The second-order valence-electron chi connectivity index (χ2n) is 4.23. The molecular weight excluding hydrogens is 281 g/mol. The van der Waals surface area contributed by atoms with Gasteiger partial charge in [-0.1, -0.05) is 24.8 Å². The molecular formula is C15H13F3N2O. The quantitative estimate of drug-likeness (QED) is 0.870. The average Bonchev–Trinajstić information content (AvgIpc) is 2.44. The van der Waals surface area contributed by atoms with E-state index in [0.29, 0.717) is 5.75 Å². The molecule has 110 valence electrons. The van der Waals surface area contributed by atoms with E-state index in [2.05, 4.69) is 11.6 Å². The smallest absolute Gasteiger partial charge is 0.418 e. The predicted molar refractivity (Wildman–Crippen MR) is 74.8 cm³/mol. The molecule has 0 unspecified atom stereocenters. The highest BCUT2D eigenvalue weighted by molar-refractivity contribution is 5.71. The van der Waals surface area contributed by atoms with Crippen molar-refractivity contribution >= 4 is 5.82 Å². The molecule has 21 heavy (non-hydrogen) atoms. The highest BCUT2D eigenvalue weighted by Gasteiger charge is 2.35. The summed E-state index contributed by atoms with van der Waals surface area (Å²) in [5.74, 6) is 0.303. The molecule has 2 rings (SSSR count). The van der Waals surface area contributed by atoms with Crippen LogP contribution in [0.4, 0.5) is 19.0 Å². The van der Waals surface area contributed by atoms with E-state index in [1.165, 1.54) is 12.1 Å². The lowest BCUT2D eigenvalue weighted by atomic mass is 10.0. The number of anilines is 1. The number of benzene rings is 1. The molecule has 0 aliphatic carbocycles. The highest BCUT2D eigenvalue weighted by Crippen LogP contribution is 2.39. The lowest BCUT2D eigenvalue weighted by molar-refractivity contribution is -0.137. The summed E-state index contributed by atoms with van der Waals surface area (Å²) in [7, 11) is 0. The first-order valence-corrected chi connectivity index (χ1v) is 6.10. The fourth-order valence-corrected chi connectivity index (χ4v) is 1.85. The first-order valence-electron chi connectivity index (χ1n) is 6.10. The van der Waals surface area contributed by atoms with Gasteiger partial charge in [0.05, 0.1) is 11.3 Å². The van der Waals surface area contributed by atoms with Crippen molar-refractivity contribution in [2.75, 3.05) is 12.3 Å². The standard InChI is InChI=1S/C15H13F3N2O/c1-2-9-21-12-6-4-3-5-10(12)14-11(15(16,17)18)7-8-13(19)20-14/h2-8H,1,9H2,(H2,19,20). The van der Waals surface area contributed by atoms with Gasteiger partial charge in [-0.2, -0.15) is 13.2 Å². The Balaban J connectivity index is 2.61. The number of pyridine rings is 1. The topological polar surface area (TPSA) is 48.1 Å². The van der Waals surface area contributed by atoms with Crippen LogP contribution in [0.15, 0.2) is 49.1 Å². The molecule has 3 nitrogen and oxygen atoms in total. The van der Waals surface area contributed by atoms with Gasteiger partial charge in [-0.15, -0.1) is 0 Å². The summed E-state index contributed by atoms with van der Waals surface area (Å²) >= 11 is 0. The molecule has 0 aliphatic heterocycles. The van der Waals surface area contributed by atoms with Crippen LogP contribution in [0.2, 0.25) is 0 Å². The number of rotatable bonds is 4. The van der Waals surface area contributed by atoms with Gasteiger partial charge in [-0.05, 0) is 24.3 Å². The summed E-state index contributed by atoms with van der Waals surface area (Å²) in [5, 5.41) is 0. The van der Waals surface area contributed by atoms with E-state index >= 15 is 0 Å². The Bertz CT molecular complexity index is 654. The molecule has 1 aromatic heterocycles. The number of nitrogen functional groups attached to an aromatic ring is 1. The maximum absolute atomic E-state index is 13.1. The van der Waals surface area contributed by atoms with Crippen molar-refractivity contribution in [2.24, 2.45) is 0 Å². The third-order valence-electron chi connectivity index (χ3n) is 2.72. The molecule has 0 saturated carbocycles. The van der Waals surface area contributed by atoms with Gasteiger partial charge in [0.15, 0.2) is 0 Å². The van der Waals surface area contributed by atoms with Crippen molar-refractivity contribution in [3.8, 4) is 17.0 Å². The minimum Gasteiger partial charge on any atom is -0.489 e. The number of nitrogens with two attached hydrogens (primary N) is 1. The van der Waals surface area contributed by atoms with Crippen molar-refractivity contribution in [1.82, 2.24) is 4.98 Å². The Hall–Kier alpha value is -2.50. The van der Waals surface area contributed by atoms with E-state index in [1.54, 1.807) is 18.2 Å². The summed E-state index contributed by atoms with van der Waals surface area (Å²) in [6, 6.07) is 8.41. The summed E-state index contributed by atoms with van der Waals surface area (Å²) in [4.78, 5) is 3.83. The second-order valence-corrected chi connectivity index (χ2v) is 4.23. The number of para-hydroxylation sites is 1. The number of hydrogen-bond acceptors (Lipinski definition) is 3. The minimum atomic E-state index is -4.53. The van der Waals surface area contributed by atoms with E-state index in [0.717, 1.165) is 12.1 Å². The normalized spacial score (nSPS) is 11.2. The van der Waals surface area contributed by atoms with Crippen LogP contribution in [0.1, 0.15) is 5.56 Å². The molecule has 0 saturated heterocycles. The maximum Gasteiger partial charge on any atom is 0.418 e. The first-order chi connectivity index (χ1) is 9.93. The van der Waals surface area contributed by atoms with Crippen LogP contribution >= 0.6 is 0 Å². The monoisotopic (exact) mass is 294 g/mol. The molecule has 0 amide bonds. The Morgan fingerprint density at radius 3 is 2.57 bits per heavy atom. The van der Waals surface area contributed by atoms with E-state index in [1.807, 2.05) is 0 Å². The van der Waals surface area contributed by atoms with E-state index < -0.39 is 11.7 Å². The van der Waals surface area contributed by atoms with Crippen LogP contribution in [0.5, 0.6) is 5.75 Å².